The van der Waals surface area contributed by atoms with E-state index in [0.29, 0.717) is 54.2 Å². The zero-order valence-electron chi connectivity index (χ0n) is 37.6. The average molecular weight is 903 g/mol. The highest BCUT2D eigenvalue weighted by atomic mass is 19.4. The number of carbonyl (C=O) groups is 4. The number of carbonyl (C=O) groups excluding carboxylic acids is 4. The van der Waals surface area contributed by atoms with Gasteiger partial charge in [-0.15, -0.1) is 13.2 Å². The summed E-state index contributed by atoms with van der Waals surface area (Å²) in [7, 11) is 4.14. The van der Waals surface area contributed by atoms with Crippen molar-refractivity contribution in [1.82, 2.24) is 25.0 Å². The quantitative estimate of drug-likeness (QED) is 0.0776. The number of aromatic nitrogens is 1. The predicted octanol–water partition coefficient (Wildman–Crippen LogP) is 6.78. The number of ether oxygens (including phenoxy) is 7. The molecule has 1 N–H and O–H groups in total. The van der Waals surface area contributed by atoms with Crippen LogP contribution in [0.25, 0.3) is 11.1 Å². The van der Waals surface area contributed by atoms with Crippen molar-refractivity contribution in [3.8, 4) is 28.4 Å². The first-order valence-electron chi connectivity index (χ1n) is 20.4. The van der Waals surface area contributed by atoms with Gasteiger partial charge >= 0.3 is 24.5 Å². The summed E-state index contributed by atoms with van der Waals surface area (Å²) in [5, 5.41) is 2.76. The Labute approximate surface area is 370 Å². The Balaban J connectivity index is 1.52. The lowest BCUT2D eigenvalue weighted by molar-refractivity contribution is -0.280. The molecule has 1 aliphatic heterocycles. The van der Waals surface area contributed by atoms with Crippen molar-refractivity contribution in [3.63, 3.8) is 0 Å². The molecule has 0 saturated carbocycles. The average Bonchev–Trinajstić information content (AvgIpc) is 3.31. The van der Waals surface area contributed by atoms with E-state index in [9.17, 15) is 32.3 Å². The van der Waals surface area contributed by atoms with Gasteiger partial charge in [-0.1, -0.05) is 12.1 Å². The van der Waals surface area contributed by atoms with Crippen LogP contribution in [0.4, 0.5) is 28.4 Å². The van der Waals surface area contributed by atoms with Gasteiger partial charge in [0, 0.05) is 64.5 Å². The third-order valence-electron chi connectivity index (χ3n) is 9.17. The molecule has 1 fully saturated rings. The molecule has 64 heavy (non-hydrogen) atoms. The van der Waals surface area contributed by atoms with Gasteiger partial charge in [0.05, 0.1) is 38.3 Å². The number of benzene rings is 2. The number of esters is 1. The van der Waals surface area contributed by atoms with Gasteiger partial charge in [0.15, 0.2) is 13.0 Å². The fourth-order valence-electron chi connectivity index (χ4n) is 6.23. The maximum absolute atomic E-state index is 13.3. The maximum Gasteiger partial charge on any atom is 0.573 e. The van der Waals surface area contributed by atoms with E-state index in [1.807, 2.05) is 4.90 Å². The SMILES string of the molecule is COC(=O)c1cc(-c2c(OC)cc(OCC(=O)NCCc3ccc(/N=C\OC(F)(F)F)cc3)cc2OC)cc(CN2CCN(C(=O)OC(C)(C)C)CCN(C(=O)OC(C)(C)C)CC2)n1. The molecule has 0 unspecified atom stereocenters. The first kappa shape index (κ1) is 50.3. The number of halogens is 3. The Hall–Kier alpha value is -6.31. The van der Waals surface area contributed by atoms with Crippen LogP contribution in [0.3, 0.4) is 0 Å². The van der Waals surface area contributed by atoms with E-state index in [0.717, 1.165) is 5.56 Å². The summed E-state index contributed by atoms with van der Waals surface area (Å²) >= 11 is 0. The van der Waals surface area contributed by atoms with Gasteiger partial charge in [-0.2, -0.15) is 0 Å². The van der Waals surface area contributed by atoms with Gasteiger partial charge in [-0.25, -0.2) is 24.4 Å². The Morgan fingerprint density at radius 1 is 0.781 bits per heavy atom. The van der Waals surface area contributed by atoms with Crippen LogP contribution < -0.4 is 19.5 Å². The molecule has 0 spiro atoms. The van der Waals surface area contributed by atoms with Crippen molar-refractivity contribution in [1.29, 1.82) is 0 Å². The second-order valence-corrected chi connectivity index (χ2v) is 16.5. The van der Waals surface area contributed by atoms with Gasteiger partial charge in [-0.3, -0.25) is 9.69 Å². The first-order valence-corrected chi connectivity index (χ1v) is 20.4. The second kappa shape index (κ2) is 22.4. The molecule has 0 bridgehead atoms. The van der Waals surface area contributed by atoms with Gasteiger partial charge in [0.25, 0.3) is 5.91 Å². The summed E-state index contributed by atoms with van der Waals surface area (Å²) in [6.45, 7) is 12.5. The lowest BCUT2D eigenvalue weighted by Gasteiger charge is -2.30. The number of hydrogen-bond acceptors (Lipinski definition) is 14. The monoisotopic (exact) mass is 902 g/mol. The molecule has 2 aromatic carbocycles. The lowest BCUT2D eigenvalue weighted by atomic mass is 10.0. The van der Waals surface area contributed by atoms with Crippen LogP contribution in [0, 0.1) is 0 Å². The molecule has 17 nitrogen and oxygen atoms in total. The smallest absolute Gasteiger partial charge is 0.496 e. The van der Waals surface area contributed by atoms with Crippen LogP contribution >= 0.6 is 0 Å². The summed E-state index contributed by atoms with van der Waals surface area (Å²) in [6, 6.07) is 12.8. The zero-order valence-corrected chi connectivity index (χ0v) is 37.6. The summed E-state index contributed by atoms with van der Waals surface area (Å²) in [4.78, 5) is 65.7. The fraction of sp³-hybridized carbons (Fsp3) is 0.500. The van der Waals surface area contributed by atoms with E-state index in [2.05, 4.69) is 20.0 Å². The highest BCUT2D eigenvalue weighted by molar-refractivity contribution is 5.90. The van der Waals surface area contributed by atoms with Gasteiger partial charge in [0.2, 0.25) is 0 Å². The van der Waals surface area contributed by atoms with Crippen molar-refractivity contribution < 1.29 is 65.5 Å². The van der Waals surface area contributed by atoms with E-state index in [4.69, 9.17) is 28.4 Å². The number of nitrogens with zero attached hydrogens (tertiary/aromatic N) is 5. The number of nitrogens with one attached hydrogen (secondary N) is 1. The molecule has 3 amide bonds. The summed E-state index contributed by atoms with van der Waals surface area (Å²) in [5.41, 5.74) is 1.01. The number of amides is 3. The van der Waals surface area contributed by atoms with E-state index in [-0.39, 0.29) is 63.0 Å². The summed E-state index contributed by atoms with van der Waals surface area (Å²) in [6.07, 6.45) is -5.11. The molecular weight excluding hydrogens is 846 g/mol. The highest BCUT2D eigenvalue weighted by Crippen LogP contribution is 2.42. The third kappa shape index (κ3) is 16.4. The minimum Gasteiger partial charge on any atom is -0.496 e. The molecule has 0 atom stereocenters. The van der Waals surface area contributed by atoms with Crippen molar-refractivity contribution in [2.75, 3.05) is 73.7 Å². The van der Waals surface area contributed by atoms with Crippen LogP contribution in [-0.2, 0) is 36.7 Å². The Morgan fingerprint density at radius 2 is 1.33 bits per heavy atom. The fourth-order valence-corrected chi connectivity index (χ4v) is 6.23. The van der Waals surface area contributed by atoms with Crippen LogP contribution in [0.5, 0.6) is 17.2 Å². The first-order chi connectivity index (χ1) is 30.1. The van der Waals surface area contributed by atoms with Crippen molar-refractivity contribution in [2.24, 2.45) is 4.99 Å². The zero-order chi connectivity index (χ0) is 47.2. The number of aliphatic imine (C=N–C) groups is 1. The molecule has 0 radical (unpaired) electrons. The topological polar surface area (TPSA) is 180 Å². The molecule has 3 aromatic rings. The Kier molecular flexibility index (Phi) is 17.6. The molecule has 1 saturated heterocycles. The standard InChI is InChI=1S/C44H57F3N6O11/c1-42(2,3)63-40(56)52-18-16-51(17-19-53(21-20-52)41(57)64-43(4,5)6)26-32-22-30(23-34(50-32)39(55)60-9)38-35(58-7)24-33(25-36(38)59-8)61-27-37(54)48-15-14-29-10-12-31(13-11-29)49-28-62-44(45,46)47/h10-13,22-25,28H,14-21,26-27H2,1-9H3,(H,48,54)/b49-28-. The largest absolute Gasteiger partial charge is 0.573 e. The maximum atomic E-state index is 13.3. The van der Waals surface area contributed by atoms with E-state index < -0.39 is 41.6 Å². The molecule has 1 aromatic heterocycles. The summed E-state index contributed by atoms with van der Waals surface area (Å²) in [5.74, 6) is -0.267. The van der Waals surface area contributed by atoms with Crippen molar-refractivity contribution >= 4 is 36.2 Å². The molecule has 350 valence electrons. The van der Waals surface area contributed by atoms with Crippen molar-refractivity contribution in [3.05, 3.63) is 65.5 Å². The number of alkyl halides is 3. The highest BCUT2D eigenvalue weighted by Gasteiger charge is 2.30. The van der Waals surface area contributed by atoms with Crippen LogP contribution in [0.15, 0.2) is 53.5 Å². The Morgan fingerprint density at radius 3 is 1.83 bits per heavy atom. The van der Waals surface area contributed by atoms with E-state index >= 15 is 0 Å². The number of methoxy groups -OCH3 is 3. The molecule has 2 heterocycles. The van der Waals surface area contributed by atoms with E-state index in [1.54, 1.807) is 87.7 Å². The van der Waals surface area contributed by atoms with E-state index in [1.165, 1.54) is 33.5 Å². The summed E-state index contributed by atoms with van der Waals surface area (Å²) < 4.78 is 73.8. The third-order valence-corrected chi connectivity index (χ3v) is 9.17. The molecule has 4 rings (SSSR count). The van der Waals surface area contributed by atoms with Crippen LogP contribution in [0.2, 0.25) is 0 Å². The minimum atomic E-state index is -4.82. The van der Waals surface area contributed by atoms with Crippen LogP contribution in [0.1, 0.15) is 63.3 Å². The minimum absolute atomic E-state index is 0.00566. The number of rotatable bonds is 14. The van der Waals surface area contributed by atoms with Gasteiger partial charge in [0.1, 0.15) is 34.1 Å². The lowest BCUT2D eigenvalue weighted by Crippen LogP contribution is -2.44. The normalized spacial score (nSPS) is 14.2. The van der Waals surface area contributed by atoms with Gasteiger partial charge < -0.3 is 48.3 Å². The second-order valence-electron chi connectivity index (χ2n) is 16.5. The number of hydrogen-bond donors (Lipinski definition) is 1. The van der Waals surface area contributed by atoms with Crippen LogP contribution in [-0.4, -0.2) is 141 Å². The molecule has 0 aliphatic carbocycles. The van der Waals surface area contributed by atoms with Gasteiger partial charge in [-0.05, 0) is 83.4 Å². The Bertz CT molecular complexity index is 2040. The number of pyridine rings is 1. The molecular formula is C44H57F3N6O11. The van der Waals surface area contributed by atoms with Crippen molar-refractivity contribution in [2.45, 2.75) is 72.1 Å². The molecule has 20 heteroatoms. The predicted molar refractivity (Wildman–Crippen MR) is 229 cm³/mol. The molecule has 1 aliphatic rings.